The number of hydrogen-bond acceptors (Lipinski definition) is 2. The van der Waals surface area contributed by atoms with Gasteiger partial charge in [-0.1, -0.05) is 35.3 Å². The molecule has 0 fully saturated rings. The van der Waals surface area contributed by atoms with Crippen LogP contribution < -0.4 is 5.56 Å². The van der Waals surface area contributed by atoms with Gasteiger partial charge in [0.1, 0.15) is 10.8 Å². The van der Waals surface area contributed by atoms with Crippen molar-refractivity contribution in [3.05, 3.63) is 60.6 Å². The summed E-state index contributed by atoms with van der Waals surface area (Å²) >= 11 is 14.5. The first-order valence-corrected chi connectivity index (χ1v) is 6.39. The van der Waals surface area contributed by atoms with Crippen LogP contribution in [0.1, 0.15) is 5.56 Å². The highest BCUT2D eigenvalue weighted by Gasteiger charge is 2.10. The summed E-state index contributed by atoms with van der Waals surface area (Å²) in [4.78, 5) is 11.8. The molecule has 0 aliphatic carbocycles. The van der Waals surface area contributed by atoms with Gasteiger partial charge < -0.3 is 0 Å². The van der Waals surface area contributed by atoms with E-state index in [4.69, 9.17) is 23.2 Å². The Bertz CT molecular complexity index is 660. The van der Waals surface area contributed by atoms with Crippen molar-refractivity contribution in [1.29, 1.82) is 0 Å². The standard InChI is InChI=1S/C11H6BrCl2FN2O/c12-9-6(2-1-3-8(9)15)5-17-11(18)10(14)7(13)4-16-17/h1-4H,5H2. The second kappa shape index (κ2) is 5.38. The van der Waals surface area contributed by atoms with Crippen LogP contribution in [0.15, 0.2) is 33.7 Å². The van der Waals surface area contributed by atoms with Gasteiger partial charge in [-0.25, -0.2) is 9.07 Å². The Kier molecular flexibility index (Phi) is 4.04. The maximum Gasteiger partial charge on any atom is 0.287 e. The molecule has 94 valence electrons. The van der Waals surface area contributed by atoms with Crippen LogP contribution in [0.4, 0.5) is 4.39 Å². The molecule has 0 N–H and O–H groups in total. The van der Waals surface area contributed by atoms with Crippen LogP contribution in [-0.2, 0) is 6.54 Å². The zero-order valence-electron chi connectivity index (χ0n) is 8.83. The molecule has 2 aromatic rings. The van der Waals surface area contributed by atoms with E-state index in [1.54, 1.807) is 12.1 Å². The second-order valence-electron chi connectivity index (χ2n) is 3.48. The van der Waals surface area contributed by atoms with E-state index >= 15 is 0 Å². The Morgan fingerprint density at radius 2 is 2.11 bits per heavy atom. The molecule has 0 saturated carbocycles. The molecule has 0 bridgehead atoms. The minimum atomic E-state index is -0.514. The van der Waals surface area contributed by atoms with Crippen LogP contribution >= 0.6 is 39.1 Å². The Balaban J connectivity index is 2.44. The maximum absolute atomic E-state index is 13.3. The molecule has 18 heavy (non-hydrogen) atoms. The van der Waals surface area contributed by atoms with E-state index in [1.165, 1.54) is 12.3 Å². The van der Waals surface area contributed by atoms with Gasteiger partial charge in [-0.3, -0.25) is 4.79 Å². The molecule has 0 aliphatic rings. The number of rotatable bonds is 2. The molecule has 7 heteroatoms. The lowest BCUT2D eigenvalue weighted by Gasteiger charge is -2.07. The van der Waals surface area contributed by atoms with Crippen molar-refractivity contribution in [3.8, 4) is 0 Å². The Labute approximate surface area is 120 Å². The highest BCUT2D eigenvalue weighted by Crippen LogP contribution is 2.21. The minimum absolute atomic E-state index is 0.0937. The molecule has 1 aromatic heterocycles. The molecule has 0 unspecified atom stereocenters. The Morgan fingerprint density at radius 3 is 2.83 bits per heavy atom. The lowest BCUT2D eigenvalue weighted by Crippen LogP contribution is -2.24. The summed E-state index contributed by atoms with van der Waals surface area (Å²) < 4.78 is 14.7. The van der Waals surface area contributed by atoms with Gasteiger partial charge in [-0.2, -0.15) is 5.10 Å². The van der Waals surface area contributed by atoms with Gasteiger partial charge in [-0.15, -0.1) is 0 Å². The Morgan fingerprint density at radius 1 is 1.39 bits per heavy atom. The fourth-order valence-electron chi connectivity index (χ4n) is 1.39. The van der Waals surface area contributed by atoms with E-state index in [2.05, 4.69) is 21.0 Å². The largest absolute Gasteiger partial charge is 0.287 e. The predicted molar refractivity (Wildman–Crippen MR) is 71.7 cm³/mol. The van der Waals surface area contributed by atoms with E-state index in [0.29, 0.717) is 10.0 Å². The van der Waals surface area contributed by atoms with E-state index in [-0.39, 0.29) is 16.6 Å². The molecule has 1 aromatic carbocycles. The van der Waals surface area contributed by atoms with E-state index < -0.39 is 11.4 Å². The van der Waals surface area contributed by atoms with Gasteiger partial charge in [0.25, 0.3) is 5.56 Å². The summed E-state index contributed by atoms with van der Waals surface area (Å²) in [5, 5.41) is 3.84. The third kappa shape index (κ3) is 2.58. The Hall–Kier alpha value is -0.910. The first kappa shape index (κ1) is 13.5. The number of nitrogens with zero attached hydrogens (tertiary/aromatic N) is 2. The molecule has 0 aliphatic heterocycles. The monoisotopic (exact) mass is 350 g/mol. The third-order valence-corrected chi connectivity index (χ3v) is 3.93. The smallest absolute Gasteiger partial charge is 0.266 e. The van der Waals surface area contributed by atoms with Crippen molar-refractivity contribution in [2.75, 3.05) is 0 Å². The normalized spacial score (nSPS) is 10.7. The van der Waals surface area contributed by atoms with Crippen LogP contribution in [0.5, 0.6) is 0 Å². The summed E-state index contributed by atoms with van der Waals surface area (Å²) in [6, 6.07) is 4.56. The van der Waals surface area contributed by atoms with Crippen molar-refractivity contribution in [3.63, 3.8) is 0 Å². The summed E-state index contributed by atoms with van der Waals surface area (Å²) in [6.07, 6.45) is 1.28. The molecule has 1 heterocycles. The van der Waals surface area contributed by atoms with Crippen LogP contribution in [0.3, 0.4) is 0 Å². The van der Waals surface area contributed by atoms with Crippen molar-refractivity contribution in [1.82, 2.24) is 9.78 Å². The molecule has 0 atom stereocenters. The highest BCUT2D eigenvalue weighted by atomic mass is 79.9. The van der Waals surface area contributed by atoms with Crippen LogP contribution in [0, 0.1) is 5.82 Å². The van der Waals surface area contributed by atoms with Gasteiger partial charge in [0.05, 0.1) is 22.2 Å². The molecular weight excluding hydrogens is 346 g/mol. The number of benzene rings is 1. The molecule has 0 spiro atoms. The molecule has 3 nitrogen and oxygen atoms in total. The maximum atomic E-state index is 13.3. The number of hydrogen-bond donors (Lipinski definition) is 0. The number of aromatic nitrogens is 2. The summed E-state index contributed by atoms with van der Waals surface area (Å²) in [5.41, 5.74) is 0.0725. The second-order valence-corrected chi connectivity index (χ2v) is 5.06. The average Bonchev–Trinajstić information content (AvgIpc) is 2.35. The van der Waals surface area contributed by atoms with Crippen LogP contribution in [0.25, 0.3) is 0 Å². The summed E-state index contributed by atoms with van der Waals surface area (Å²) in [5.74, 6) is -0.402. The minimum Gasteiger partial charge on any atom is -0.266 e. The first-order valence-electron chi connectivity index (χ1n) is 4.84. The lowest BCUT2D eigenvalue weighted by molar-refractivity contribution is 0.603. The quantitative estimate of drug-likeness (QED) is 0.830. The van der Waals surface area contributed by atoms with Crippen molar-refractivity contribution >= 4 is 39.1 Å². The zero-order valence-corrected chi connectivity index (χ0v) is 11.9. The number of halogens is 4. The van der Waals surface area contributed by atoms with Gasteiger partial charge in [0.15, 0.2) is 0 Å². The van der Waals surface area contributed by atoms with Crippen molar-refractivity contribution in [2.45, 2.75) is 6.54 Å². The van der Waals surface area contributed by atoms with E-state index in [0.717, 1.165) is 4.68 Å². The van der Waals surface area contributed by atoms with Crippen molar-refractivity contribution in [2.24, 2.45) is 0 Å². The van der Waals surface area contributed by atoms with Crippen LogP contribution in [0.2, 0.25) is 10.0 Å². The molecule has 0 radical (unpaired) electrons. The predicted octanol–water partition coefficient (Wildman–Crippen LogP) is 3.50. The van der Waals surface area contributed by atoms with Gasteiger partial charge >= 0.3 is 0 Å². The average molecular weight is 352 g/mol. The molecule has 0 amide bonds. The SMILES string of the molecule is O=c1c(Cl)c(Cl)cnn1Cc1cccc(F)c1Br. The molecular formula is C11H6BrCl2FN2O. The third-order valence-electron chi connectivity index (χ3n) is 2.29. The highest BCUT2D eigenvalue weighted by molar-refractivity contribution is 9.10. The topological polar surface area (TPSA) is 34.9 Å². The summed E-state index contributed by atoms with van der Waals surface area (Å²) in [7, 11) is 0. The van der Waals surface area contributed by atoms with E-state index in [9.17, 15) is 9.18 Å². The first-order chi connectivity index (χ1) is 8.50. The van der Waals surface area contributed by atoms with Gasteiger partial charge in [0.2, 0.25) is 0 Å². The van der Waals surface area contributed by atoms with Crippen LogP contribution in [-0.4, -0.2) is 9.78 Å². The van der Waals surface area contributed by atoms with E-state index in [1.807, 2.05) is 0 Å². The van der Waals surface area contributed by atoms with Gasteiger partial charge in [-0.05, 0) is 27.6 Å². The fourth-order valence-corrected chi connectivity index (χ4v) is 2.05. The van der Waals surface area contributed by atoms with Gasteiger partial charge in [0, 0.05) is 0 Å². The fraction of sp³-hybridized carbons (Fsp3) is 0.0909. The lowest BCUT2D eigenvalue weighted by atomic mass is 10.2. The molecule has 0 saturated heterocycles. The summed E-state index contributed by atoms with van der Waals surface area (Å²) in [6.45, 7) is 0.105. The zero-order chi connectivity index (χ0) is 13.3. The molecule has 2 rings (SSSR count). The van der Waals surface area contributed by atoms with Crippen molar-refractivity contribution < 1.29 is 4.39 Å².